The Morgan fingerprint density at radius 3 is 2.67 bits per heavy atom. The van der Waals surface area contributed by atoms with Gasteiger partial charge in [0.1, 0.15) is 0 Å². The highest BCUT2D eigenvalue weighted by Gasteiger charge is 2.27. The lowest BCUT2D eigenvalue weighted by Crippen LogP contribution is -2.49. The molecule has 1 heterocycles. The molecule has 0 aromatic carbocycles. The Bertz CT molecular complexity index is 264. The first-order valence-corrected chi connectivity index (χ1v) is 9.28. The Kier molecular flexibility index (Phi) is 8.05. The van der Waals surface area contributed by atoms with Crippen LogP contribution in [0.15, 0.2) is 0 Å². The van der Waals surface area contributed by atoms with Crippen LogP contribution in [0.1, 0.15) is 58.3 Å². The van der Waals surface area contributed by atoms with Gasteiger partial charge in [-0.1, -0.05) is 26.2 Å². The maximum atomic E-state index is 5.37. The fraction of sp³-hybridized carbons (Fsp3) is 1.00. The summed E-state index contributed by atoms with van der Waals surface area (Å²) < 4.78 is 5.37. The number of hydrogen-bond donors (Lipinski definition) is 1. The summed E-state index contributed by atoms with van der Waals surface area (Å²) in [5.41, 5.74) is 0. The lowest BCUT2D eigenvalue weighted by Gasteiger charge is -2.38. The summed E-state index contributed by atoms with van der Waals surface area (Å²) in [6, 6.07) is 0.714. The molecule has 3 heteroatoms. The molecule has 0 radical (unpaired) electrons. The van der Waals surface area contributed by atoms with Crippen LogP contribution in [0.25, 0.3) is 0 Å². The number of hydrogen-bond acceptors (Lipinski definition) is 3. The van der Waals surface area contributed by atoms with E-state index in [4.69, 9.17) is 4.74 Å². The number of rotatable bonds is 8. The van der Waals surface area contributed by atoms with E-state index in [9.17, 15) is 0 Å². The van der Waals surface area contributed by atoms with Crippen LogP contribution in [0.4, 0.5) is 0 Å². The molecule has 0 amide bonds. The van der Waals surface area contributed by atoms with E-state index in [0.29, 0.717) is 6.04 Å². The molecule has 3 nitrogen and oxygen atoms in total. The van der Waals surface area contributed by atoms with E-state index < -0.39 is 0 Å². The van der Waals surface area contributed by atoms with E-state index in [2.05, 4.69) is 17.1 Å². The zero-order chi connectivity index (χ0) is 14.9. The Hall–Kier alpha value is -0.120. The summed E-state index contributed by atoms with van der Waals surface area (Å²) in [7, 11) is 1.84. The Morgan fingerprint density at radius 2 is 1.95 bits per heavy atom. The predicted octanol–water partition coefficient (Wildman–Crippen LogP) is 3.29. The second-order valence-electron chi connectivity index (χ2n) is 7.18. The van der Waals surface area contributed by atoms with E-state index in [0.717, 1.165) is 18.4 Å². The molecule has 21 heavy (non-hydrogen) atoms. The Labute approximate surface area is 131 Å². The summed E-state index contributed by atoms with van der Waals surface area (Å²) in [4.78, 5) is 2.70. The maximum absolute atomic E-state index is 5.37. The third kappa shape index (κ3) is 5.88. The average Bonchev–Trinajstić information content (AvgIpc) is 2.53. The van der Waals surface area contributed by atoms with Gasteiger partial charge >= 0.3 is 0 Å². The summed E-state index contributed by atoms with van der Waals surface area (Å²) in [6.07, 6.45) is 11.2. The number of likely N-dealkylation sites (tertiary alicyclic amines) is 1. The van der Waals surface area contributed by atoms with Gasteiger partial charge in [-0.15, -0.1) is 0 Å². The molecular formula is C18H36N2O. The van der Waals surface area contributed by atoms with Gasteiger partial charge in [0.25, 0.3) is 0 Å². The summed E-state index contributed by atoms with van der Waals surface area (Å²) in [6.45, 7) is 8.18. The van der Waals surface area contributed by atoms with Crippen molar-refractivity contribution in [2.24, 2.45) is 11.8 Å². The standard InChI is InChI=1S/C18H36N2O/c1-3-11-19-18(17-9-5-4-6-10-17)14-20-12-7-8-16(13-20)15-21-2/h16-19H,3-15H2,1-2H3. The zero-order valence-electron chi connectivity index (χ0n) is 14.3. The minimum absolute atomic E-state index is 0.714. The van der Waals surface area contributed by atoms with E-state index >= 15 is 0 Å². The molecule has 1 aliphatic carbocycles. The zero-order valence-corrected chi connectivity index (χ0v) is 14.3. The predicted molar refractivity (Wildman–Crippen MR) is 89.7 cm³/mol. The molecule has 0 aromatic rings. The molecule has 2 unspecified atom stereocenters. The van der Waals surface area contributed by atoms with E-state index in [1.54, 1.807) is 0 Å². The Morgan fingerprint density at radius 1 is 1.14 bits per heavy atom. The van der Waals surface area contributed by atoms with Crippen LogP contribution in [-0.2, 0) is 4.74 Å². The molecule has 1 aliphatic heterocycles. The number of piperidine rings is 1. The van der Waals surface area contributed by atoms with Crippen molar-refractivity contribution in [3.05, 3.63) is 0 Å². The van der Waals surface area contributed by atoms with Gasteiger partial charge in [-0.25, -0.2) is 0 Å². The first-order valence-electron chi connectivity index (χ1n) is 9.28. The topological polar surface area (TPSA) is 24.5 Å². The van der Waals surface area contributed by atoms with Crippen LogP contribution >= 0.6 is 0 Å². The fourth-order valence-corrected chi connectivity index (χ4v) is 4.21. The van der Waals surface area contributed by atoms with Crippen LogP contribution in [0.5, 0.6) is 0 Å². The SMILES string of the molecule is CCCNC(CN1CCCC(COC)C1)C1CCCCC1. The summed E-state index contributed by atoms with van der Waals surface area (Å²) in [5, 5.41) is 3.86. The Balaban J connectivity index is 1.84. The van der Waals surface area contributed by atoms with Crippen molar-refractivity contribution in [1.82, 2.24) is 10.2 Å². The second-order valence-corrected chi connectivity index (χ2v) is 7.18. The smallest absolute Gasteiger partial charge is 0.0502 e. The second kappa shape index (κ2) is 9.81. The molecule has 1 saturated heterocycles. The molecule has 0 spiro atoms. The van der Waals surface area contributed by atoms with Crippen molar-refractivity contribution >= 4 is 0 Å². The highest BCUT2D eigenvalue weighted by atomic mass is 16.5. The normalized spacial score (nSPS) is 26.9. The molecule has 0 aromatic heterocycles. The summed E-state index contributed by atoms with van der Waals surface area (Å²) >= 11 is 0. The molecule has 2 atom stereocenters. The van der Waals surface area contributed by atoms with Gasteiger partial charge in [-0.05, 0) is 57.0 Å². The van der Waals surface area contributed by atoms with Crippen molar-refractivity contribution in [3.8, 4) is 0 Å². The van der Waals surface area contributed by atoms with Crippen LogP contribution in [0, 0.1) is 11.8 Å². The van der Waals surface area contributed by atoms with Gasteiger partial charge in [-0.2, -0.15) is 0 Å². The minimum Gasteiger partial charge on any atom is -0.384 e. The van der Waals surface area contributed by atoms with Crippen molar-refractivity contribution in [3.63, 3.8) is 0 Å². The van der Waals surface area contributed by atoms with Crippen LogP contribution < -0.4 is 5.32 Å². The number of nitrogens with one attached hydrogen (secondary N) is 1. The molecule has 2 fully saturated rings. The fourth-order valence-electron chi connectivity index (χ4n) is 4.21. The lowest BCUT2D eigenvalue weighted by molar-refractivity contribution is 0.0784. The van der Waals surface area contributed by atoms with Gasteiger partial charge in [0.15, 0.2) is 0 Å². The van der Waals surface area contributed by atoms with Crippen molar-refractivity contribution < 1.29 is 4.74 Å². The van der Waals surface area contributed by atoms with E-state index in [-0.39, 0.29) is 0 Å². The first kappa shape index (κ1) is 17.2. The van der Waals surface area contributed by atoms with Crippen molar-refractivity contribution in [1.29, 1.82) is 0 Å². The maximum Gasteiger partial charge on any atom is 0.0502 e. The van der Waals surface area contributed by atoms with E-state index in [1.807, 2.05) is 7.11 Å². The molecule has 124 valence electrons. The van der Waals surface area contributed by atoms with Gasteiger partial charge in [0.2, 0.25) is 0 Å². The third-order valence-corrected chi connectivity index (χ3v) is 5.34. The van der Waals surface area contributed by atoms with Crippen molar-refractivity contribution in [2.75, 3.05) is 39.9 Å². The molecule has 2 aliphatic rings. The molecule has 0 bridgehead atoms. The van der Waals surface area contributed by atoms with Crippen LogP contribution in [0.2, 0.25) is 0 Å². The number of nitrogens with zero attached hydrogens (tertiary/aromatic N) is 1. The largest absolute Gasteiger partial charge is 0.384 e. The van der Waals surface area contributed by atoms with Gasteiger partial charge in [0, 0.05) is 26.2 Å². The number of methoxy groups -OCH3 is 1. The summed E-state index contributed by atoms with van der Waals surface area (Å²) in [5.74, 6) is 1.66. The van der Waals surface area contributed by atoms with Gasteiger partial charge in [0.05, 0.1) is 6.61 Å². The van der Waals surface area contributed by atoms with Crippen LogP contribution in [0.3, 0.4) is 0 Å². The highest BCUT2D eigenvalue weighted by molar-refractivity contribution is 4.84. The van der Waals surface area contributed by atoms with Crippen molar-refractivity contribution in [2.45, 2.75) is 64.3 Å². The van der Waals surface area contributed by atoms with Gasteiger partial charge in [-0.3, -0.25) is 0 Å². The highest BCUT2D eigenvalue weighted by Crippen LogP contribution is 2.28. The molecular weight excluding hydrogens is 260 g/mol. The van der Waals surface area contributed by atoms with Gasteiger partial charge < -0.3 is 15.0 Å². The van der Waals surface area contributed by atoms with Crippen LogP contribution in [-0.4, -0.2) is 50.8 Å². The molecule has 1 saturated carbocycles. The quantitative estimate of drug-likeness (QED) is 0.744. The third-order valence-electron chi connectivity index (χ3n) is 5.34. The lowest BCUT2D eigenvalue weighted by atomic mass is 9.83. The number of ether oxygens (including phenoxy) is 1. The minimum atomic E-state index is 0.714. The molecule has 2 rings (SSSR count). The average molecular weight is 296 g/mol. The molecule has 1 N–H and O–H groups in total. The van der Waals surface area contributed by atoms with E-state index in [1.165, 1.54) is 77.5 Å². The first-order chi connectivity index (χ1) is 10.3. The monoisotopic (exact) mass is 296 g/mol.